The van der Waals surface area contributed by atoms with Crippen molar-refractivity contribution in [3.63, 3.8) is 0 Å². The number of carbonyl (C=O) groups is 2. The van der Waals surface area contributed by atoms with Crippen molar-refractivity contribution in [2.75, 3.05) is 39.3 Å². The lowest BCUT2D eigenvalue weighted by Gasteiger charge is -2.16. The average molecular weight is 311 g/mol. The molecule has 0 unspecified atom stereocenters. The maximum atomic E-state index is 11.5. The summed E-state index contributed by atoms with van der Waals surface area (Å²) in [7, 11) is 0. The van der Waals surface area contributed by atoms with Crippen LogP contribution >= 0.6 is 0 Å². The fourth-order valence-electron chi connectivity index (χ4n) is 2.23. The van der Waals surface area contributed by atoms with Crippen molar-refractivity contribution in [1.29, 1.82) is 0 Å². The number of carbonyl (C=O) groups excluding carboxylic acids is 2. The van der Waals surface area contributed by atoms with Gasteiger partial charge in [-0.25, -0.2) is 4.99 Å². The van der Waals surface area contributed by atoms with Crippen LogP contribution in [0.15, 0.2) is 4.99 Å². The van der Waals surface area contributed by atoms with Crippen LogP contribution in [0.25, 0.3) is 0 Å². The second-order valence-electron chi connectivity index (χ2n) is 5.31. The Kier molecular flexibility index (Phi) is 9.02. The molecule has 1 aliphatic heterocycles. The largest absolute Gasteiger partial charge is 0.357 e. The van der Waals surface area contributed by atoms with Crippen LogP contribution in [0.1, 0.15) is 39.5 Å². The Morgan fingerprint density at radius 2 is 2.05 bits per heavy atom. The molecule has 1 rings (SSSR count). The van der Waals surface area contributed by atoms with Gasteiger partial charge in [-0.2, -0.15) is 0 Å². The molecule has 1 fully saturated rings. The Morgan fingerprint density at radius 3 is 2.68 bits per heavy atom. The molecule has 3 N–H and O–H groups in total. The zero-order chi connectivity index (χ0) is 16.2. The molecule has 0 spiro atoms. The highest BCUT2D eigenvalue weighted by atomic mass is 16.2. The molecule has 7 heteroatoms. The Bertz CT molecular complexity index is 384. The highest BCUT2D eigenvalue weighted by Gasteiger charge is 2.18. The van der Waals surface area contributed by atoms with Crippen molar-refractivity contribution in [3.05, 3.63) is 0 Å². The molecular formula is C15H29N5O2. The van der Waals surface area contributed by atoms with E-state index in [9.17, 15) is 9.59 Å². The Hall–Kier alpha value is -1.79. The fraction of sp³-hybridized carbons (Fsp3) is 0.800. The van der Waals surface area contributed by atoms with Gasteiger partial charge in [0.25, 0.3) is 0 Å². The van der Waals surface area contributed by atoms with E-state index in [1.165, 1.54) is 0 Å². The number of guanidine groups is 1. The lowest BCUT2D eigenvalue weighted by Crippen LogP contribution is -2.40. The Labute approximate surface area is 132 Å². The third-order valence-corrected chi connectivity index (χ3v) is 3.37. The molecule has 7 nitrogen and oxygen atoms in total. The first-order valence-electron chi connectivity index (χ1n) is 8.24. The van der Waals surface area contributed by atoms with Gasteiger partial charge < -0.3 is 20.9 Å². The van der Waals surface area contributed by atoms with Gasteiger partial charge in [-0.05, 0) is 26.2 Å². The van der Waals surface area contributed by atoms with E-state index in [1.807, 2.05) is 18.7 Å². The van der Waals surface area contributed by atoms with Crippen LogP contribution in [-0.4, -0.2) is 61.9 Å². The molecule has 22 heavy (non-hydrogen) atoms. The molecule has 0 bridgehead atoms. The van der Waals surface area contributed by atoms with Crippen LogP contribution in [0.2, 0.25) is 0 Å². The lowest BCUT2D eigenvalue weighted by atomic mass is 10.4. The zero-order valence-electron chi connectivity index (χ0n) is 13.8. The van der Waals surface area contributed by atoms with Crippen molar-refractivity contribution in [2.45, 2.75) is 39.5 Å². The summed E-state index contributed by atoms with van der Waals surface area (Å²) in [5.74, 6) is 0.830. The minimum absolute atomic E-state index is 0.0679. The van der Waals surface area contributed by atoms with E-state index in [2.05, 4.69) is 20.9 Å². The first kappa shape index (κ1) is 18.3. The summed E-state index contributed by atoms with van der Waals surface area (Å²) in [4.78, 5) is 29.2. The zero-order valence-corrected chi connectivity index (χ0v) is 13.8. The minimum Gasteiger partial charge on any atom is -0.357 e. The summed E-state index contributed by atoms with van der Waals surface area (Å²) in [6.07, 6.45) is 3.45. The van der Waals surface area contributed by atoms with E-state index in [0.29, 0.717) is 18.9 Å². The fourth-order valence-corrected chi connectivity index (χ4v) is 2.23. The molecule has 0 radical (unpaired) electrons. The number of aliphatic imine (C=N–C) groups is 1. The molecule has 0 aromatic carbocycles. The van der Waals surface area contributed by atoms with Crippen LogP contribution in [0.3, 0.4) is 0 Å². The molecule has 1 heterocycles. The second kappa shape index (κ2) is 10.9. The number of likely N-dealkylation sites (tertiary alicyclic amines) is 1. The Balaban J connectivity index is 2.24. The average Bonchev–Trinajstić information content (AvgIpc) is 2.92. The monoisotopic (exact) mass is 311 g/mol. The maximum Gasteiger partial charge on any atom is 0.241 e. The van der Waals surface area contributed by atoms with Crippen molar-refractivity contribution in [3.8, 4) is 0 Å². The highest BCUT2D eigenvalue weighted by Crippen LogP contribution is 2.09. The number of hydrogen-bond acceptors (Lipinski definition) is 3. The van der Waals surface area contributed by atoms with Gasteiger partial charge in [0.1, 0.15) is 6.54 Å². The molecule has 0 saturated carbocycles. The predicted molar refractivity (Wildman–Crippen MR) is 87.7 cm³/mol. The van der Waals surface area contributed by atoms with E-state index in [0.717, 1.165) is 45.4 Å². The van der Waals surface area contributed by atoms with Gasteiger partial charge in [-0.3, -0.25) is 9.59 Å². The lowest BCUT2D eigenvalue weighted by molar-refractivity contribution is -0.127. The molecule has 0 aromatic heterocycles. The quantitative estimate of drug-likeness (QED) is 0.320. The minimum atomic E-state index is -0.0679. The third kappa shape index (κ3) is 7.28. The third-order valence-electron chi connectivity index (χ3n) is 3.37. The van der Waals surface area contributed by atoms with E-state index in [1.54, 1.807) is 0 Å². The van der Waals surface area contributed by atoms with Crippen molar-refractivity contribution < 1.29 is 9.59 Å². The van der Waals surface area contributed by atoms with E-state index in [-0.39, 0.29) is 18.4 Å². The first-order chi connectivity index (χ1) is 10.7. The number of nitrogens with one attached hydrogen (secondary N) is 3. The summed E-state index contributed by atoms with van der Waals surface area (Å²) in [5.41, 5.74) is 0. The molecule has 0 atom stereocenters. The smallest absolute Gasteiger partial charge is 0.241 e. The van der Waals surface area contributed by atoms with Crippen LogP contribution in [-0.2, 0) is 9.59 Å². The number of nitrogens with zero attached hydrogens (tertiary/aromatic N) is 2. The van der Waals surface area contributed by atoms with Crippen molar-refractivity contribution in [1.82, 2.24) is 20.9 Å². The number of hydrogen-bond donors (Lipinski definition) is 3. The standard InChI is InChI=1S/C15H29N5O2/c1-3-8-17-13(21)12-19-15(16-4-2)18-9-6-11-20-10-5-7-14(20)22/h3-12H2,1-2H3,(H,17,21)(H2,16,18,19). The van der Waals surface area contributed by atoms with Gasteiger partial charge in [-0.1, -0.05) is 6.92 Å². The summed E-state index contributed by atoms with van der Waals surface area (Å²) in [6, 6.07) is 0. The second-order valence-corrected chi connectivity index (χ2v) is 5.31. The predicted octanol–water partition coefficient (Wildman–Crippen LogP) is 0.0802. The molecule has 126 valence electrons. The van der Waals surface area contributed by atoms with Crippen LogP contribution < -0.4 is 16.0 Å². The van der Waals surface area contributed by atoms with Gasteiger partial charge in [0.05, 0.1) is 0 Å². The van der Waals surface area contributed by atoms with Gasteiger partial charge in [0.2, 0.25) is 11.8 Å². The summed E-state index contributed by atoms with van der Waals surface area (Å²) >= 11 is 0. The molecule has 1 saturated heterocycles. The van der Waals surface area contributed by atoms with E-state index < -0.39 is 0 Å². The molecular weight excluding hydrogens is 282 g/mol. The Morgan fingerprint density at radius 1 is 1.23 bits per heavy atom. The van der Waals surface area contributed by atoms with Gasteiger partial charge in [0.15, 0.2) is 5.96 Å². The topological polar surface area (TPSA) is 85.8 Å². The number of amides is 2. The summed E-state index contributed by atoms with van der Waals surface area (Å²) in [5, 5.41) is 9.09. The van der Waals surface area contributed by atoms with Gasteiger partial charge >= 0.3 is 0 Å². The highest BCUT2D eigenvalue weighted by molar-refractivity contribution is 5.84. The van der Waals surface area contributed by atoms with E-state index >= 15 is 0 Å². The summed E-state index contributed by atoms with van der Waals surface area (Å²) < 4.78 is 0. The van der Waals surface area contributed by atoms with Crippen molar-refractivity contribution >= 4 is 17.8 Å². The first-order valence-corrected chi connectivity index (χ1v) is 8.24. The van der Waals surface area contributed by atoms with Crippen LogP contribution in [0.5, 0.6) is 0 Å². The van der Waals surface area contributed by atoms with Crippen LogP contribution in [0, 0.1) is 0 Å². The molecule has 0 aliphatic carbocycles. The normalized spacial score (nSPS) is 15.1. The number of rotatable bonds is 9. The van der Waals surface area contributed by atoms with E-state index in [4.69, 9.17) is 0 Å². The van der Waals surface area contributed by atoms with Gasteiger partial charge in [-0.15, -0.1) is 0 Å². The molecule has 1 aliphatic rings. The summed E-state index contributed by atoms with van der Waals surface area (Å²) in [6.45, 7) is 7.94. The van der Waals surface area contributed by atoms with Gasteiger partial charge in [0, 0.05) is 39.1 Å². The van der Waals surface area contributed by atoms with Crippen molar-refractivity contribution in [2.24, 2.45) is 4.99 Å². The molecule has 2 amide bonds. The maximum absolute atomic E-state index is 11.5. The molecule has 0 aromatic rings. The van der Waals surface area contributed by atoms with Crippen LogP contribution in [0.4, 0.5) is 0 Å². The SMILES string of the molecule is CCCNC(=O)CN=C(NCC)NCCCN1CCCC1=O.